The lowest BCUT2D eigenvalue weighted by Crippen LogP contribution is -2.48. The molecule has 1 heterocycles. The molecule has 2 fully saturated rings. The minimum Gasteiger partial charge on any atom is -0.356 e. The zero-order valence-electron chi connectivity index (χ0n) is 12.1. The van der Waals surface area contributed by atoms with Crippen LogP contribution in [0, 0.1) is 11.8 Å². The molecule has 2 amide bonds. The predicted molar refractivity (Wildman–Crippen MR) is 80.8 cm³/mol. The SMILES string of the molecule is CC(CC(=O)NCC1CNC1)NC(=O)C1CCCC1.Cl. The average molecular weight is 304 g/mol. The van der Waals surface area contributed by atoms with Crippen LogP contribution >= 0.6 is 12.4 Å². The van der Waals surface area contributed by atoms with Crippen molar-refractivity contribution in [1.82, 2.24) is 16.0 Å². The molecule has 5 nitrogen and oxygen atoms in total. The van der Waals surface area contributed by atoms with Crippen LogP contribution in [0.4, 0.5) is 0 Å². The summed E-state index contributed by atoms with van der Waals surface area (Å²) in [6.07, 6.45) is 4.68. The molecule has 0 aromatic carbocycles. The summed E-state index contributed by atoms with van der Waals surface area (Å²) in [7, 11) is 0. The molecule has 2 rings (SSSR count). The highest BCUT2D eigenvalue weighted by molar-refractivity contribution is 5.85. The van der Waals surface area contributed by atoms with E-state index in [1.807, 2.05) is 6.92 Å². The summed E-state index contributed by atoms with van der Waals surface area (Å²) < 4.78 is 0. The van der Waals surface area contributed by atoms with Crippen LogP contribution in [0.1, 0.15) is 39.0 Å². The minimum atomic E-state index is -0.0763. The van der Waals surface area contributed by atoms with Gasteiger partial charge in [-0.1, -0.05) is 12.8 Å². The summed E-state index contributed by atoms with van der Waals surface area (Å²) in [5, 5.41) is 9.06. The molecule has 0 spiro atoms. The van der Waals surface area contributed by atoms with Crippen LogP contribution < -0.4 is 16.0 Å². The Labute approximate surface area is 127 Å². The monoisotopic (exact) mass is 303 g/mol. The van der Waals surface area contributed by atoms with Gasteiger partial charge in [0.05, 0.1) is 0 Å². The van der Waals surface area contributed by atoms with Gasteiger partial charge in [-0.15, -0.1) is 12.4 Å². The van der Waals surface area contributed by atoms with Crippen molar-refractivity contribution in [3.05, 3.63) is 0 Å². The van der Waals surface area contributed by atoms with E-state index in [0.29, 0.717) is 12.3 Å². The Hall–Kier alpha value is -0.810. The molecule has 1 atom stereocenters. The van der Waals surface area contributed by atoms with E-state index in [2.05, 4.69) is 16.0 Å². The van der Waals surface area contributed by atoms with Gasteiger partial charge in [-0.2, -0.15) is 0 Å². The zero-order valence-corrected chi connectivity index (χ0v) is 12.9. The van der Waals surface area contributed by atoms with Crippen molar-refractivity contribution >= 4 is 24.2 Å². The van der Waals surface area contributed by atoms with Crippen molar-refractivity contribution in [2.45, 2.75) is 45.1 Å². The zero-order chi connectivity index (χ0) is 13.7. The Balaban J connectivity index is 0.00000200. The molecule has 0 bridgehead atoms. The fourth-order valence-electron chi connectivity index (χ4n) is 2.70. The second-order valence-electron chi connectivity index (χ2n) is 5.92. The standard InChI is InChI=1S/C14H25N3O2.ClH/c1-10(17-14(19)12-4-2-3-5-12)6-13(18)16-9-11-7-15-8-11;/h10-12,15H,2-9H2,1H3,(H,16,18)(H,17,19);1H. The summed E-state index contributed by atoms with van der Waals surface area (Å²) in [4.78, 5) is 23.6. The van der Waals surface area contributed by atoms with E-state index in [4.69, 9.17) is 0 Å². The molecule has 116 valence electrons. The summed E-state index contributed by atoms with van der Waals surface area (Å²) >= 11 is 0. The Morgan fingerprint density at radius 2 is 1.90 bits per heavy atom. The molecule has 6 heteroatoms. The topological polar surface area (TPSA) is 70.2 Å². The first-order valence-electron chi connectivity index (χ1n) is 7.43. The Bertz CT molecular complexity index is 328. The molecule has 1 unspecified atom stereocenters. The third-order valence-electron chi connectivity index (χ3n) is 4.06. The molecule has 2 aliphatic rings. The van der Waals surface area contributed by atoms with Gasteiger partial charge in [0.2, 0.25) is 11.8 Å². The fourth-order valence-corrected chi connectivity index (χ4v) is 2.70. The van der Waals surface area contributed by atoms with Gasteiger partial charge in [0.1, 0.15) is 0 Å². The van der Waals surface area contributed by atoms with Crippen LogP contribution in [0.3, 0.4) is 0 Å². The Morgan fingerprint density at radius 1 is 1.25 bits per heavy atom. The third-order valence-corrected chi connectivity index (χ3v) is 4.06. The number of nitrogens with one attached hydrogen (secondary N) is 3. The number of halogens is 1. The summed E-state index contributed by atoms with van der Waals surface area (Å²) in [5.74, 6) is 0.908. The highest BCUT2D eigenvalue weighted by atomic mass is 35.5. The van der Waals surface area contributed by atoms with Gasteiger partial charge in [-0.3, -0.25) is 9.59 Å². The van der Waals surface area contributed by atoms with Crippen molar-refractivity contribution in [3.63, 3.8) is 0 Å². The van der Waals surface area contributed by atoms with Gasteiger partial charge >= 0.3 is 0 Å². The van der Waals surface area contributed by atoms with Gasteiger partial charge in [-0.05, 0) is 19.8 Å². The summed E-state index contributed by atoms with van der Waals surface area (Å²) in [5.41, 5.74) is 0. The second kappa shape index (κ2) is 8.47. The van der Waals surface area contributed by atoms with Crippen molar-refractivity contribution in [1.29, 1.82) is 0 Å². The number of amides is 2. The van der Waals surface area contributed by atoms with E-state index in [1.165, 1.54) is 0 Å². The molecule has 1 saturated carbocycles. The molecule has 20 heavy (non-hydrogen) atoms. The number of carbonyl (C=O) groups is 2. The maximum Gasteiger partial charge on any atom is 0.223 e. The maximum atomic E-state index is 11.9. The summed E-state index contributed by atoms with van der Waals surface area (Å²) in [6.45, 7) is 4.63. The van der Waals surface area contributed by atoms with Crippen molar-refractivity contribution in [2.75, 3.05) is 19.6 Å². The molecule has 1 aliphatic heterocycles. The maximum absolute atomic E-state index is 11.9. The number of rotatable bonds is 6. The molecular weight excluding hydrogens is 278 g/mol. The quantitative estimate of drug-likeness (QED) is 0.681. The molecule has 1 saturated heterocycles. The summed E-state index contributed by atoms with van der Waals surface area (Å²) in [6, 6.07) is -0.0763. The van der Waals surface area contributed by atoms with E-state index in [1.54, 1.807) is 0 Å². The first kappa shape index (κ1) is 17.2. The lowest BCUT2D eigenvalue weighted by molar-refractivity contribution is -0.126. The van der Waals surface area contributed by atoms with Gasteiger partial charge in [0.15, 0.2) is 0 Å². The van der Waals surface area contributed by atoms with Crippen molar-refractivity contribution < 1.29 is 9.59 Å². The highest BCUT2D eigenvalue weighted by Crippen LogP contribution is 2.24. The van der Waals surface area contributed by atoms with E-state index >= 15 is 0 Å². The molecule has 3 N–H and O–H groups in total. The van der Waals surface area contributed by atoms with Crippen LogP contribution in [0.25, 0.3) is 0 Å². The first-order valence-corrected chi connectivity index (χ1v) is 7.43. The first-order chi connectivity index (χ1) is 9.15. The van der Waals surface area contributed by atoms with E-state index in [9.17, 15) is 9.59 Å². The number of carbonyl (C=O) groups excluding carboxylic acids is 2. The molecule has 1 aliphatic carbocycles. The Morgan fingerprint density at radius 3 is 2.45 bits per heavy atom. The van der Waals surface area contributed by atoms with Crippen molar-refractivity contribution in [3.8, 4) is 0 Å². The van der Waals surface area contributed by atoms with Crippen LogP contribution in [0.15, 0.2) is 0 Å². The van der Waals surface area contributed by atoms with Gasteiger partial charge < -0.3 is 16.0 Å². The van der Waals surface area contributed by atoms with Crippen LogP contribution in [0.2, 0.25) is 0 Å². The van der Waals surface area contributed by atoms with Gasteiger partial charge in [-0.25, -0.2) is 0 Å². The second-order valence-corrected chi connectivity index (χ2v) is 5.92. The third kappa shape index (κ3) is 5.29. The van der Waals surface area contributed by atoms with E-state index in [-0.39, 0.29) is 36.2 Å². The number of hydrogen-bond acceptors (Lipinski definition) is 3. The molecule has 0 aromatic heterocycles. The Kier molecular flexibility index (Phi) is 7.30. The lowest BCUT2D eigenvalue weighted by atomic mass is 10.0. The van der Waals surface area contributed by atoms with Crippen molar-refractivity contribution in [2.24, 2.45) is 11.8 Å². The smallest absolute Gasteiger partial charge is 0.223 e. The fraction of sp³-hybridized carbons (Fsp3) is 0.857. The minimum absolute atomic E-state index is 0. The molecular formula is C14H26ClN3O2. The molecule has 0 aromatic rings. The molecule has 0 radical (unpaired) electrons. The van der Waals surface area contributed by atoms with Gasteiger partial charge in [0.25, 0.3) is 0 Å². The average Bonchev–Trinajstić information content (AvgIpc) is 2.79. The number of hydrogen-bond donors (Lipinski definition) is 3. The largest absolute Gasteiger partial charge is 0.356 e. The predicted octanol–water partition coefficient (Wildman–Crippen LogP) is 0.829. The van der Waals surface area contributed by atoms with E-state index in [0.717, 1.165) is 45.3 Å². The van der Waals surface area contributed by atoms with E-state index < -0.39 is 0 Å². The van der Waals surface area contributed by atoms with Crippen LogP contribution in [-0.2, 0) is 9.59 Å². The normalized spacial score (nSPS) is 20.6. The van der Waals surface area contributed by atoms with Crippen LogP contribution in [0.5, 0.6) is 0 Å². The van der Waals surface area contributed by atoms with Crippen LogP contribution in [-0.4, -0.2) is 37.5 Å². The van der Waals surface area contributed by atoms with Gasteiger partial charge in [0, 0.05) is 43.9 Å². The highest BCUT2D eigenvalue weighted by Gasteiger charge is 2.24. The lowest BCUT2D eigenvalue weighted by Gasteiger charge is -2.27.